The number of hydrogen-bond acceptors (Lipinski definition) is 10. The van der Waals surface area contributed by atoms with Crippen LogP contribution in [0.25, 0.3) is 11.2 Å². The average Bonchev–Trinajstić information content (AvgIpc) is 3.48. The first kappa shape index (κ1) is 26.0. The fourth-order valence-electron chi connectivity index (χ4n) is 4.34. The van der Waals surface area contributed by atoms with E-state index in [9.17, 15) is 24.2 Å². The van der Waals surface area contributed by atoms with Crippen LogP contribution in [0, 0.1) is 5.82 Å². The molecule has 6 N–H and O–H groups in total. The van der Waals surface area contributed by atoms with Crippen LogP contribution in [0.2, 0.25) is 0 Å². The van der Waals surface area contributed by atoms with E-state index in [1.807, 2.05) is 0 Å². The van der Waals surface area contributed by atoms with Gasteiger partial charge >= 0.3 is 0 Å². The molecule has 0 aliphatic carbocycles. The van der Waals surface area contributed by atoms with Crippen molar-refractivity contribution in [3.05, 3.63) is 72.1 Å². The Labute approximate surface area is 220 Å². The molecule has 1 aliphatic rings. The zero-order chi connectivity index (χ0) is 27.7. The molecule has 0 saturated carbocycles. The molecule has 2 aromatic carbocycles. The zero-order valence-electron chi connectivity index (χ0n) is 20.5. The number of nitrogens with two attached hydrogens (primary N) is 1. The van der Waals surface area contributed by atoms with Gasteiger partial charge in [0.2, 0.25) is 0 Å². The molecule has 2 amide bonds. The van der Waals surface area contributed by atoms with E-state index in [1.165, 1.54) is 48.6 Å². The summed E-state index contributed by atoms with van der Waals surface area (Å²) in [7, 11) is 1.31. The minimum atomic E-state index is -1.36. The fourth-order valence-corrected chi connectivity index (χ4v) is 4.34. The standard InChI is InChI=1S/C25H24FN7O6/c1-38-15-8-4-6-13(26)17(15)24(37)32-14-7-3-2-5-12(14)23(36)28-9-16-19(34)20(35)25(39-16)33-11-31-18-21(27)29-10-30-22(18)33/h2-8,10-11,16,19-20,25,34-35H,9H2,1H3,(H,28,36)(H,32,37)(H2,27,29,30). The van der Waals surface area contributed by atoms with Crippen LogP contribution in [0.5, 0.6) is 5.75 Å². The SMILES string of the molecule is COc1cccc(F)c1C(=O)Nc1ccccc1C(=O)NCC1OC(n2cnc3c(N)ncnc32)C(O)C1O. The molecule has 3 heterocycles. The number of para-hydroxylation sites is 1. The number of rotatable bonds is 7. The summed E-state index contributed by atoms with van der Waals surface area (Å²) >= 11 is 0. The summed E-state index contributed by atoms with van der Waals surface area (Å²) in [5.74, 6) is -2.00. The predicted octanol–water partition coefficient (Wildman–Crippen LogP) is 0.858. The number of hydrogen-bond donors (Lipinski definition) is 5. The Morgan fingerprint density at radius 3 is 2.69 bits per heavy atom. The number of aliphatic hydroxyl groups excluding tert-OH is 2. The highest BCUT2D eigenvalue weighted by Crippen LogP contribution is 2.32. The normalized spacial score (nSPS) is 20.6. The second kappa shape index (κ2) is 10.6. The van der Waals surface area contributed by atoms with Gasteiger partial charge in [-0.2, -0.15) is 0 Å². The Morgan fingerprint density at radius 2 is 1.90 bits per heavy atom. The smallest absolute Gasteiger partial charge is 0.262 e. The summed E-state index contributed by atoms with van der Waals surface area (Å²) in [5.41, 5.74) is 6.33. The number of benzene rings is 2. The first-order valence-electron chi connectivity index (χ1n) is 11.8. The van der Waals surface area contributed by atoms with Crippen molar-refractivity contribution in [2.75, 3.05) is 24.7 Å². The highest BCUT2D eigenvalue weighted by Gasteiger charge is 2.44. The highest BCUT2D eigenvalue weighted by molar-refractivity contribution is 6.10. The van der Waals surface area contributed by atoms with Gasteiger partial charge in [-0.3, -0.25) is 14.2 Å². The van der Waals surface area contributed by atoms with E-state index in [0.29, 0.717) is 11.2 Å². The minimum Gasteiger partial charge on any atom is -0.496 e. The first-order valence-corrected chi connectivity index (χ1v) is 11.8. The number of anilines is 2. The lowest BCUT2D eigenvalue weighted by molar-refractivity contribution is -0.0337. The van der Waals surface area contributed by atoms with E-state index in [-0.39, 0.29) is 34.9 Å². The van der Waals surface area contributed by atoms with Crippen molar-refractivity contribution in [2.45, 2.75) is 24.5 Å². The molecule has 4 aromatic rings. The van der Waals surface area contributed by atoms with Crippen molar-refractivity contribution < 1.29 is 33.7 Å². The molecule has 4 unspecified atom stereocenters. The molecule has 14 heteroatoms. The third-order valence-electron chi connectivity index (χ3n) is 6.30. The number of amides is 2. The van der Waals surface area contributed by atoms with Crippen molar-refractivity contribution >= 4 is 34.5 Å². The van der Waals surface area contributed by atoms with Gasteiger partial charge in [-0.1, -0.05) is 18.2 Å². The Bertz CT molecular complexity index is 1550. The van der Waals surface area contributed by atoms with Crippen molar-refractivity contribution in [1.82, 2.24) is 24.8 Å². The maximum Gasteiger partial charge on any atom is 0.262 e. The Kier molecular flexibility index (Phi) is 7.06. The van der Waals surface area contributed by atoms with Gasteiger partial charge in [0.1, 0.15) is 47.3 Å². The zero-order valence-corrected chi connectivity index (χ0v) is 20.5. The highest BCUT2D eigenvalue weighted by atomic mass is 19.1. The van der Waals surface area contributed by atoms with Crippen LogP contribution in [0.4, 0.5) is 15.9 Å². The number of imidazole rings is 1. The van der Waals surface area contributed by atoms with E-state index < -0.39 is 42.2 Å². The maximum absolute atomic E-state index is 14.4. The van der Waals surface area contributed by atoms with Gasteiger partial charge in [-0.15, -0.1) is 0 Å². The van der Waals surface area contributed by atoms with Gasteiger partial charge in [-0.05, 0) is 24.3 Å². The Balaban J connectivity index is 1.29. The molecule has 13 nitrogen and oxygen atoms in total. The third-order valence-corrected chi connectivity index (χ3v) is 6.30. The van der Waals surface area contributed by atoms with Crippen LogP contribution in [0.15, 0.2) is 55.1 Å². The van der Waals surface area contributed by atoms with Crippen molar-refractivity contribution in [3.63, 3.8) is 0 Å². The van der Waals surface area contributed by atoms with Gasteiger partial charge in [0, 0.05) is 6.54 Å². The number of carbonyl (C=O) groups excluding carboxylic acids is 2. The molecule has 39 heavy (non-hydrogen) atoms. The molecule has 4 atom stereocenters. The van der Waals surface area contributed by atoms with Crippen LogP contribution in [0.3, 0.4) is 0 Å². The first-order chi connectivity index (χ1) is 18.8. The lowest BCUT2D eigenvalue weighted by atomic mass is 10.1. The Hall–Kier alpha value is -4.66. The van der Waals surface area contributed by atoms with E-state index in [0.717, 1.165) is 6.07 Å². The van der Waals surface area contributed by atoms with Crippen molar-refractivity contribution in [1.29, 1.82) is 0 Å². The predicted molar refractivity (Wildman–Crippen MR) is 135 cm³/mol. The van der Waals surface area contributed by atoms with E-state index in [2.05, 4.69) is 25.6 Å². The largest absolute Gasteiger partial charge is 0.496 e. The average molecular weight is 538 g/mol. The third kappa shape index (κ3) is 4.83. The number of nitrogens with zero attached hydrogens (tertiary/aromatic N) is 4. The van der Waals surface area contributed by atoms with Gasteiger partial charge in [-0.25, -0.2) is 19.3 Å². The summed E-state index contributed by atoms with van der Waals surface area (Å²) in [5, 5.41) is 26.4. The maximum atomic E-state index is 14.4. The lowest BCUT2D eigenvalue weighted by Crippen LogP contribution is -2.40. The quantitative estimate of drug-likeness (QED) is 0.226. The number of halogens is 1. The number of carbonyl (C=O) groups is 2. The van der Waals surface area contributed by atoms with Crippen LogP contribution < -0.4 is 21.1 Å². The van der Waals surface area contributed by atoms with Gasteiger partial charge in [0.05, 0.1) is 24.7 Å². The molecule has 202 valence electrons. The fraction of sp³-hybridized carbons (Fsp3) is 0.240. The molecule has 1 fully saturated rings. The second-order valence-electron chi connectivity index (χ2n) is 8.66. The van der Waals surface area contributed by atoms with Crippen molar-refractivity contribution in [3.8, 4) is 5.75 Å². The van der Waals surface area contributed by atoms with Crippen molar-refractivity contribution in [2.24, 2.45) is 0 Å². The molecule has 2 aromatic heterocycles. The lowest BCUT2D eigenvalue weighted by Gasteiger charge is -2.17. The van der Waals surface area contributed by atoms with Crippen LogP contribution in [-0.4, -0.2) is 73.5 Å². The second-order valence-corrected chi connectivity index (χ2v) is 8.66. The van der Waals surface area contributed by atoms with Crippen LogP contribution in [0.1, 0.15) is 26.9 Å². The van der Waals surface area contributed by atoms with Gasteiger partial charge in [0.25, 0.3) is 11.8 Å². The molecule has 0 spiro atoms. The number of aromatic nitrogens is 4. The molecule has 0 radical (unpaired) electrons. The summed E-state index contributed by atoms with van der Waals surface area (Å²) in [4.78, 5) is 38.0. The van der Waals surface area contributed by atoms with Crippen LogP contribution >= 0.6 is 0 Å². The van der Waals surface area contributed by atoms with Crippen LogP contribution in [-0.2, 0) is 4.74 Å². The van der Waals surface area contributed by atoms with E-state index in [4.69, 9.17) is 15.2 Å². The topological polar surface area (TPSA) is 187 Å². The monoisotopic (exact) mass is 537 g/mol. The van der Waals surface area contributed by atoms with E-state index in [1.54, 1.807) is 12.1 Å². The summed E-state index contributed by atoms with van der Waals surface area (Å²) < 4.78 is 26.7. The molecular formula is C25H24FN7O6. The summed E-state index contributed by atoms with van der Waals surface area (Å²) in [6, 6.07) is 10.1. The molecular weight excluding hydrogens is 513 g/mol. The van der Waals surface area contributed by atoms with E-state index >= 15 is 0 Å². The number of nitrogen functional groups attached to an aromatic ring is 1. The number of aliphatic hydroxyl groups is 2. The number of ether oxygens (including phenoxy) is 2. The number of fused-ring (bicyclic) bond motifs is 1. The molecule has 1 aliphatic heterocycles. The number of methoxy groups -OCH3 is 1. The Morgan fingerprint density at radius 1 is 1.10 bits per heavy atom. The summed E-state index contributed by atoms with van der Waals surface area (Å²) in [6.45, 7) is -0.180. The molecule has 1 saturated heterocycles. The minimum absolute atomic E-state index is 0.0368. The number of nitrogens with one attached hydrogen (secondary N) is 2. The molecule has 0 bridgehead atoms. The molecule has 5 rings (SSSR count). The summed E-state index contributed by atoms with van der Waals surface area (Å²) in [6.07, 6.45) is -2.15. The van der Waals surface area contributed by atoms with Gasteiger partial charge in [0.15, 0.2) is 17.7 Å². The van der Waals surface area contributed by atoms with Gasteiger partial charge < -0.3 is 36.1 Å².